The smallest absolute Gasteiger partial charge is 0.238 e. The quantitative estimate of drug-likeness (QED) is 0.316. The number of aromatic nitrogens is 3. The Morgan fingerprint density at radius 1 is 1.04 bits per heavy atom. The molecule has 5 aliphatic rings. The van der Waals surface area contributed by atoms with Crippen LogP contribution in [-0.4, -0.2) is 85.8 Å². The first-order valence-electron chi connectivity index (χ1n) is 17.1. The molecule has 0 unspecified atom stereocenters. The molecule has 4 fully saturated rings. The number of benzene rings is 1. The highest BCUT2D eigenvalue weighted by molar-refractivity contribution is 9.09. The molecule has 2 aliphatic carbocycles. The standard InChI is InChI=1S/C35H44BrN7O2/c1-22(2)42-21-37-29-19-28(39-33(32(29)42)38-24-7-8-24)23-6-9-27-30(16-23)43(26-17-25(18-26)40-12-4-3-5-13-40)34(45)35(27)10-14-41(15-11-35)31(44)20-36/h6,9,16,19,21-22,24-26H,3-5,7-8,10-15,17-18,20H2,1-2H3,(H,38,39)/t25-,26+. The Hall–Kier alpha value is -2.98. The van der Waals surface area contributed by atoms with Gasteiger partial charge in [0.15, 0.2) is 5.82 Å². The second-order valence-electron chi connectivity index (χ2n) is 14.3. The molecule has 9 nitrogen and oxygen atoms in total. The van der Waals surface area contributed by atoms with Crippen molar-refractivity contribution in [1.29, 1.82) is 0 Å². The lowest BCUT2D eigenvalue weighted by molar-refractivity contribution is -0.133. The van der Waals surface area contributed by atoms with Gasteiger partial charge in [-0.1, -0.05) is 34.5 Å². The van der Waals surface area contributed by atoms with Crippen molar-refractivity contribution >= 4 is 50.3 Å². The minimum absolute atomic E-state index is 0.100. The second-order valence-corrected chi connectivity index (χ2v) is 14.8. The molecule has 45 heavy (non-hydrogen) atoms. The summed E-state index contributed by atoms with van der Waals surface area (Å²) < 4.78 is 2.20. The summed E-state index contributed by atoms with van der Waals surface area (Å²) in [5.41, 5.74) is 5.50. The van der Waals surface area contributed by atoms with Crippen LogP contribution < -0.4 is 10.2 Å². The highest BCUT2D eigenvalue weighted by atomic mass is 79.9. The van der Waals surface area contributed by atoms with Crippen molar-refractivity contribution in [2.45, 2.75) is 101 Å². The fourth-order valence-corrected chi connectivity index (χ4v) is 8.65. The maximum absolute atomic E-state index is 14.6. The summed E-state index contributed by atoms with van der Waals surface area (Å²) in [5.74, 6) is 1.23. The zero-order valence-corrected chi connectivity index (χ0v) is 28.1. The molecule has 3 aliphatic heterocycles. The SMILES string of the molecule is CC(C)n1cnc2cc(-c3ccc4c(c3)N([C@H]3C[C@@H](N5CCCCC5)C3)C(=O)C43CCN(C(=O)CBr)CC3)nc(NC3CC3)c21. The predicted octanol–water partition coefficient (Wildman–Crippen LogP) is 5.87. The number of carbonyl (C=O) groups is 2. The molecule has 2 aromatic heterocycles. The Kier molecular flexibility index (Phi) is 7.43. The van der Waals surface area contributed by atoms with E-state index in [0.29, 0.717) is 43.3 Å². The number of alkyl halides is 1. The topological polar surface area (TPSA) is 86.6 Å². The van der Waals surface area contributed by atoms with E-state index in [1.54, 1.807) is 0 Å². The molecule has 0 atom stereocenters. The van der Waals surface area contributed by atoms with E-state index in [2.05, 4.69) is 73.7 Å². The number of hydrogen-bond donors (Lipinski definition) is 1. The Balaban J connectivity index is 1.16. The number of nitrogens with one attached hydrogen (secondary N) is 1. The van der Waals surface area contributed by atoms with E-state index in [1.807, 2.05) is 11.2 Å². The van der Waals surface area contributed by atoms with Gasteiger partial charge in [-0.05, 0) is 96.0 Å². The number of carbonyl (C=O) groups excluding carboxylic acids is 2. The number of pyridine rings is 1. The Bertz CT molecular complexity index is 1630. The monoisotopic (exact) mass is 673 g/mol. The first-order valence-corrected chi connectivity index (χ1v) is 18.2. The number of anilines is 2. The Morgan fingerprint density at radius 2 is 1.80 bits per heavy atom. The van der Waals surface area contributed by atoms with Gasteiger partial charge in [0.1, 0.15) is 5.52 Å². The number of likely N-dealkylation sites (tertiary alicyclic amines) is 2. The summed E-state index contributed by atoms with van der Waals surface area (Å²) in [4.78, 5) is 43.9. The van der Waals surface area contributed by atoms with Crippen molar-refractivity contribution in [1.82, 2.24) is 24.3 Å². The minimum Gasteiger partial charge on any atom is -0.366 e. The summed E-state index contributed by atoms with van der Waals surface area (Å²) in [5, 5.41) is 4.00. The first kappa shape index (κ1) is 29.4. The van der Waals surface area contributed by atoms with Crippen molar-refractivity contribution in [2.24, 2.45) is 0 Å². The van der Waals surface area contributed by atoms with E-state index in [-0.39, 0.29) is 23.9 Å². The maximum atomic E-state index is 14.6. The van der Waals surface area contributed by atoms with Crippen LogP contribution in [0, 0.1) is 0 Å². The van der Waals surface area contributed by atoms with E-state index in [4.69, 9.17) is 9.97 Å². The van der Waals surface area contributed by atoms with Gasteiger partial charge in [0, 0.05) is 48.5 Å². The number of fused-ring (bicyclic) bond motifs is 3. The number of piperidine rings is 2. The van der Waals surface area contributed by atoms with Crippen LogP contribution in [0.1, 0.15) is 83.2 Å². The number of hydrogen-bond acceptors (Lipinski definition) is 6. The normalized spacial score (nSPS) is 24.8. The third kappa shape index (κ3) is 4.98. The summed E-state index contributed by atoms with van der Waals surface area (Å²) in [7, 11) is 0. The minimum atomic E-state index is -0.570. The van der Waals surface area contributed by atoms with Crippen molar-refractivity contribution < 1.29 is 9.59 Å². The molecule has 8 rings (SSSR count). The molecule has 1 aromatic carbocycles. The summed E-state index contributed by atoms with van der Waals surface area (Å²) in [6, 6.07) is 10.2. The number of halogens is 1. The Morgan fingerprint density at radius 3 is 2.49 bits per heavy atom. The van der Waals surface area contributed by atoms with Gasteiger partial charge in [0.05, 0.1) is 28.3 Å². The van der Waals surface area contributed by atoms with Crippen LogP contribution in [-0.2, 0) is 15.0 Å². The van der Waals surface area contributed by atoms with Crippen LogP contribution in [0.2, 0.25) is 0 Å². The summed E-state index contributed by atoms with van der Waals surface area (Å²) >= 11 is 3.34. The molecular formula is C35H44BrN7O2. The van der Waals surface area contributed by atoms with Crippen molar-refractivity contribution in [3.63, 3.8) is 0 Å². The van der Waals surface area contributed by atoms with E-state index in [0.717, 1.165) is 52.2 Å². The van der Waals surface area contributed by atoms with Crippen LogP contribution in [0.4, 0.5) is 11.5 Å². The van der Waals surface area contributed by atoms with E-state index < -0.39 is 5.41 Å². The molecule has 3 aromatic rings. The maximum Gasteiger partial charge on any atom is 0.238 e. The van der Waals surface area contributed by atoms with E-state index in [9.17, 15) is 9.59 Å². The Labute approximate surface area is 273 Å². The third-order valence-corrected chi connectivity index (χ3v) is 11.6. The van der Waals surface area contributed by atoms with Gasteiger partial charge >= 0.3 is 0 Å². The zero-order chi connectivity index (χ0) is 30.9. The number of rotatable bonds is 7. The largest absolute Gasteiger partial charge is 0.366 e. The lowest BCUT2D eigenvalue weighted by Crippen LogP contribution is -2.58. The van der Waals surface area contributed by atoms with Crippen LogP contribution in [0.5, 0.6) is 0 Å². The van der Waals surface area contributed by atoms with Crippen LogP contribution in [0.15, 0.2) is 30.6 Å². The molecule has 238 valence electrons. The van der Waals surface area contributed by atoms with Crippen LogP contribution in [0.3, 0.4) is 0 Å². The molecule has 1 N–H and O–H groups in total. The average Bonchev–Trinajstić information content (AvgIpc) is 3.70. The number of imidazole rings is 1. The first-order chi connectivity index (χ1) is 21.9. The van der Waals surface area contributed by atoms with Crippen molar-refractivity contribution in [3.8, 4) is 11.3 Å². The van der Waals surface area contributed by atoms with Crippen molar-refractivity contribution in [3.05, 3.63) is 36.2 Å². The van der Waals surface area contributed by atoms with E-state index in [1.165, 1.54) is 45.2 Å². The highest BCUT2D eigenvalue weighted by Gasteiger charge is 2.55. The molecule has 10 heteroatoms. The van der Waals surface area contributed by atoms with Gasteiger partial charge in [-0.3, -0.25) is 9.59 Å². The van der Waals surface area contributed by atoms with Gasteiger partial charge in [-0.2, -0.15) is 0 Å². The molecule has 0 radical (unpaired) electrons. The molecule has 2 saturated heterocycles. The molecule has 5 heterocycles. The van der Waals surface area contributed by atoms with Crippen molar-refractivity contribution in [2.75, 3.05) is 41.7 Å². The molecule has 2 saturated carbocycles. The van der Waals surface area contributed by atoms with Gasteiger partial charge in [0.2, 0.25) is 11.8 Å². The van der Waals surface area contributed by atoms with Crippen LogP contribution in [0.25, 0.3) is 22.3 Å². The fourth-order valence-electron chi connectivity index (χ4n) is 8.29. The van der Waals surface area contributed by atoms with Gasteiger partial charge in [0.25, 0.3) is 0 Å². The van der Waals surface area contributed by atoms with Crippen LogP contribution >= 0.6 is 15.9 Å². The fraction of sp³-hybridized carbons (Fsp3) is 0.600. The number of amides is 2. The second kappa shape index (κ2) is 11.4. The lowest BCUT2D eigenvalue weighted by Gasteiger charge is -2.48. The summed E-state index contributed by atoms with van der Waals surface area (Å²) in [6.07, 6.45) is 11.6. The highest BCUT2D eigenvalue weighted by Crippen LogP contribution is 2.52. The average molecular weight is 675 g/mol. The molecular weight excluding hydrogens is 630 g/mol. The lowest BCUT2D eigenvalue weighted by atomic mass is 9.73. The van der Waals surface area contributed by atoms with Gasteiger partial charge in [-0.15, -0.1) is 0 Å². The van der Waals surface area contributed by atoms with E-state index >= 15 is 0 Å². The summed E-state index contributed by atoms with van der Waals surface area (Å²) in [6.45, 7) is 7.94. The molecule has 2 amide bonds. The van der Waals surface area contributed by atoms with Gasteiger partial charge < -0.3 is 24.6 Å². The number of nitrogens with zero attached hydrogens (tertiary/aromatic N) is 6. The van der Waals surface area contributed by atoms with Gasteiger partial charge in [-0.25, -0.2) is 9.97 Å². The third-order valence-electron chi connectivity index (χ3n) is 11.2. The predicted molar refractivity (Wildman–Crippen MR) is 181 cm³/mol. The molecule has 1 spiro atoms. The molecule has 0 bridgehead atoms. The zero-order valence-electron chi connectivity index (χ0n) is 26.5.